The zero-order valence-electron chi connectivity index (χ0n) is 28.2. The molecular formula is C41H52Si. The zero-order valence-corrected chi connectivity index (χ0v) is 29.2. The van der Waals surface area contributed by atoms with Crippen LogP contribution in [0.2, 0.25) is 13.1 Å². The van der Waals surface area contributed by atoms with Crippen molar-refractivity contribution in [3.05, 3.63) is 98.6 Å². The minimum atomic E-state index is -1.98. The highest BCUT2D eigenvalue weighted by molar-refractivity contribution is 6.82. The van der Waals surface area contributed by atoms with E-state index in [0.29, 0.717) is 11.1 Å². The number of rotatable bonds is 2. The monoisotopic (exact) mass is 572 g/mol. The molecule has 0 saturated heterocycles. The molecule has 0 aliphatic heterocycles. The highest BCUT2D eigenvalue weighted by Gasteiger charge is 2.51. The molecule has 0 amide bonds. The lowest BCUT2D eigenvalue weighted by molar-refractivity contribution is 0.331. The fourth-order valence-electron chi connectivity index (χ4n) is 9.81. The first-order chi connectivity index (χ1) is 19.5. The van der Waals surface area contributed by atoms with E-state index in [9.17, 15) is 0 Å². The van der Waals surface area contributed by atoms with Crippen LogP contribution in [0.5, 0.6) is 0 Å². The number of hydrogen-bond acceptors (Lipinski definition) is 0. The molecule has 0 heterocycles. The molecule has 0 saturated carbocycles. The fourth-order valence-corrected chi connectivity index (χ4v) is 14.5. The summed E-state index contributed by atoms with van der Waals surface area (Å²) in [5.74, 6) is 0. The molecule has 220 valence electrons. The maximum Gasteiger partial charge on any atom is 0.0726 e. The first kappa shape index (κ1) is 28.4. The average Bonchev–Trinajstić information content (AvgIpc) is 3.42. The highest BCUT2D eigenvalue weighted by atomic mass is 28.3. The van der Waals surface area contributed by atoms with E-state index in [4.69, 9.17) is 0 Å². The summed E-state index contributed by atoms with van der Waals surface area (Å²) < 4.78 is 0. The van der Waals surface area contributed by atoms with Crippen molar-refractivity contribution in [1.29, 1.82) is 0 Å². The molecule has 1 unspecified atom stereocenters. The van der Waals surface area contributed by atoms with Crippen LogP contribution in [0.15, 0.2) is 54.1 Å². The van der Waals surface area contributed by atoms with Gasteiger partial charge in [-0.25, -0.2) is 0 Å². The number of benzene rings is 3. The van der Waals surface area contributed by atoms with Crippen molar-refractivity contribution in [3.63, 3.8) is 0 Å². The van der Waals surface area contributed by atoms with Gasteiger partial charge in [0.15, 0.2) is 0 Å². The van der Waals surface area contributed by atoms with Crippen molar-refractivity contribution in [2.24, 2.45) is 0 Å². The molecule has 42 heavy (non-hydrogen) atoms. The summed E-state index contributed by atoms with van der Waals surface area (Å²) in [4.78, 5) is 0. The van der Waals surface area contributed by atoms with E-state index in [1.165, 1.54) is 31.2 Å². The van der Waals surface area contributed by atoms with Crippen LogP contribution in [0, 0.1) is 0 Å². The SMILES string of the molecule is CC1=Cc2ccccc2C1[Si](C)(C)C1c2cc3c(cc2-c2cc4c(cc21)C(C)(C)CCC4(C)C)C(C)(C)CCC3(C)C. The molecule has 0 nitrogen and oxygen atoms in total. The summed E-state index contributed by atoms with van der Waals surface area (Å²) in [7, 11) is -1.98. The Bertz CT molecular complexity index is 1590. The van der Waals surface area contributed by atoms with Gasteiger partial charge in [-0.3, -0.25) is 0 Å². The van der Waals surface area contributed by atoms with Crippen LogP contribution in [-0.2, 0) is 21.7 Å². The van der Waals surface area contributed by atoms with Gasteiger partial charge in [0.25, 0.3) is 0 Å². The van der Waals surface area contributed by atoms with Crippen LogP contribution in [0.3, 0.4) is 0 Å². The van der Waals surface area contributed by atoms with Crippen molar-refractivity contribution in [1.82, 2.24) is 0 Å². The normalized spacial score (nSPS) is 24.3. The van der Waals surface area contributed by atoms with Crippen molar-refractivity contribution in [2.75, 3.05) is 0 Å². The summed E-state index contributed by atoms with van der Waals surface area (Å²) in [6.45, 7) is 27.8. The second-order valence-corrected chi connectivity index (χ2v) is 22.5. The van der Waals surface area contributed by atoms with Crippen LogP contribution in [0.1, 0.15) is 144 Å². The van der Waals surface area contributed by atoms with E-state index >= 15 is 0 Å². The Morgan fingerprint density at radius 2 is 0.952 bits per heavy atom. The van der Waals surface area contributed by atoms with Gasteiger partial charge in [0.2, 0.25) is 0 Å². The Morgan fingerprint density at radius 3 is 1.40 bits per heavy atom. The van der Waals surface area contributed by atoms with Crippen molar-refractivity contribution in [3.8, 4) is 11.1 Å². The predicted molar refractivity (Wildman–Crippen MR) is 185 cm³/mol. The van der Waals surface area contributed by atoms with Crippen molar-refractivity contribution < 1.29 is 0 Å². The van der Waals surface area contributed by atoms with E-state index in [-0.39, 0.29) is 21.7 Å². The van der Waals surface area contributed by atoms with Gasteiger partial charge in [-0.15, -0.1) is 0 Å². The van der Waals surface area contributed by atoms with E-state index in [1.54, 1.807) is 55.6 Å². The lowest BCUT2D eigenvalue weighted by Crippen LogP contribution is -2.43. The van der Waals surface area contributed by atoms with Gasteiger partial charge >= 0.3 is 0 Å². The molecule has 4 aliphatic rings. The summed E-state index contributed by atoms with van der Waals surface area (Å²) >= 11 is 0. The second-order valence-electron chi connectivity index (χ2n) is 17.7. The molecule has 0 spiro atoms. The third-order valence-corrected chi connectivity index (χ3v) is 17.0. The van der Waals surface area contributed by atoms with Crippen LogP contribution in [0.25, 0.3) is 17.2 Å². The van der Waals surface area contributed by atoms with Gasteiger partial charge in [-0.2, -0.15) is 0 Å². The molecule has 0 fully saturated rings. The average molecular weight is 573 g/mol. The Kier molecular flexibility index (Phi) is 5.83. The van der Waals surface area contributed by atoms with Crippen LogP contribution < -0.4 is 0 Å². The van der Waals surface area contributed by atoms with Crippen LogP contribution in [-0.4, -0.2) is 8.07 Å². The van der Waals surface area contributed by atoms with Gasteiger partial charge in [0.05, 0.1) is 8.07 Å². The quantitative estimate of drug-likeness (QED) is 0.268. The van der Waals surface area contributed by atoms with Gasteiger partial charge in [0, 0.05) is 11.1 Å². The van der Waals surface area contributed by atoms with Gasteiger partial charge in [-0.1, -0.05) is 129 Å². The Balaban J connectivity index is 1.54. The van der Waals surface area contributed by atoms with Crippen molar-refractivity contribution >= 4 is 14.1 Å². The summed E-state index contributed by atoms with van der Waals surface area (Å²) in [5.41, 5.74) is 19.3. The molecule has 0 N–H and O–H groups in total. The third-order valence-electron chi connectivity index (χ3n) is 12.6. The minimum absolute atomic E-state index is 0.212. The van der Waals surface area contributed by atoms with Gasteiger partial charge in [0.1, 0.15) is 0 Å². The summed E-state index contributed by atoms with van der Waals surface area (Å²) in [6, 6.07) is 20.1. The molecule has 1 atom stereocenters. The Morgan fingerprint density at radius 1 is 0.548 bits per heavy atom. The third kappa shape index (κ3) is 3.84. The second kappa shape index (κ2) is 8.62. The maximum atomic E-state index is 2.74. The molecule has 7 rings (SSSR count). The topological polar surface area (TPSA) is 0 Å². The van der Waals surface area contributed by atoms with Crippen LogP contribution in [0.4, 0.5) is 0 Å². The zero-order chi connectivity index (χ0) is 30.2. The number of fused-ring (bicyclic) bond motifs is 6. The molecule has 1 heteroatoms. The fraction of sp³-hybridized carbons (Fsp3) is 0.512. The maximum absolute atomic E-state index is 2.74. The Labute approximate surface area is 257 Å². The lowest BCUT2D eigenvalue weighted by atomic mass is 9.62. The van der Waals surface area contributed by atoms with E-state index in [1.807, 2.05) is 0 Å². The molecule has 3 aromatic rings. The summed E-state index contributed by atoms with van der Waals surface area (Å²) in [6.07, 6.45) is 7.53. The standard InChI is InChI=1S/C41H52Si/c1-25-20-26-14-12-13-15-27(26)36(25)42(10,11)37-30-23-34-32(38(2,3)16-18-40(34,6)7)21-28(30)29-22-33-35(24-31(29)37)41(8,9)19-17-39(33,4)5/h12-15,20-24,36-37H,16-19H2,1-11H3. The lowest BCUT2D eigenvalue weighted by Gasteiger charge is -2.44. The molecule has 0 radical (unpaired) electrons. The van der Waals surface area contributed by atoms with E-state index in [2.05, 4.69) is 130 Å². The first-order valence-corrected chi connectivity index (χ1v) is 19.8. The number of hydrogen-bond donors (Lipinski definition) is 0. The van der Waals surface area contributed by atoms with E-state index in [0.717, 1.165) is 0 Å². The largest absolute Gasteiger partial charge is 0.0726 e. The molecule has 4 aliphatic carbocycles. The highest BCUT2D eigenvalue weighted by Crippen LogP contribution is 2.60. The predicted octanol–water partition coefficient (Wildman–Crippen LogP) is 11.5. The van der Waals surface area contributed by atoms with Gasteiger partial charge in [-0.05, 0) is 110 Å². The Hall–Kier alpha value is -2.38. The molecule has 3 aromatic carbocycles. The first-order valence-electron chi connectivity index (χ1n) is 16.6. The van der Waals surface area contributed by atoms with Gasteiger partial charge < -0.3 is 0 Å². The van der Waals surface area contributed by atoms with E-state index < -0.39 is 8.07 Å². The smallest absolute Gasteiger partial charge is 0.0679 e. The summed E-state index contributed by atoms with van der Waals surface area (Å²) in [5, 5.41) is 0. The van der Waals surface area contributed by atoms with Crippen LogP contribution >= 0.6 is 0 Å². The molecule has 0 bridgehead atoms. The molecular weight excluding hydrogens is 521 g/mol. The minimum Gasteiger partial charge on any atom is -0.0679 e. The number of allylic oxidation sites excluding steroid dienone is 1. The van der Waals surface area contributed by atoms with Crippen molar-refractivity contribution in [2.45, 2.75) is 134 Å². The molecule has 0 aromatic heterocycles.